The summed E-state index contributed by atoms with van der Waals surface area (Å²) in [6, 6.07) is 12.6. The van der Waals surface area contributed by atoms with E-state index in [1.54, 1.807) is 49.4 Å². The lowest BCUT2D eigenvalue weighted by Gasteiger charge is -2.13. The lowest BCUT2D eigenvalue weighted by atomic mass is 10.0. The maximum Gasteiger partial charge on any atom is 0.278 e. The van der Waals surface area contributed by atoms with E-state index in [2.05, 4.69) is 5.32 Å². The van der Waals surface area contributed by atoms with Crippen molar-refractivity contribution in [3.63, 3.8) is 0 Å². The second-order valence-electron chi connectivity index (χ2n) is 6.88. The third-order valence-corrected chi connectivity index (χ3v) is 4.68. The highest BCUT2D eigenvalue weighted by Crippen LogP contribution is 2.32. The molecule has 2 aromatic rings. The summed E-state index contributed by atoms with van der Waals surface area (Å²) in [5.41, 5.74) is 2.91. The van der Waals surface area contributed by atoms with E-state index in [-0.39, 0.29) is 23.6 Å². The van der Waals surface area contributed by atoms with Crippen molar-refractivity contribution in [1.29, 1.82) is 0 Å². The lowest BCUT2D eigenvalue weighted by Crippen LogP contribution is -2.32. The van der Waals surface area contributed by atoms with E-state index in [1.807, 2.05) is 20.8 Å². The van der Waals surface area contributed by atoms with Gasteiger partial charge in [0.25, 0.3) is 11.8 Å². The third-order valence-electron chi connectivity index (χ3n) is 4.45. The van der Waals surface area contributed by atoms with Gasteiger partial charge in [-0.3, -0.25) is 14.5 Å². The number of likely N-dealkylation sites (N-methyl/N-ethyl adjacent to an activating group) is 1. The molecule has 146 valence electrons. The van der Waals surface area contributed by atoms with Crippen LogP contribution in [0.3, 0.4) is 0 Å². The number of hydrogen-bond acceptors (Lipinski definition) is 4. The van der Waals surface area contributed by atoms with Gasteiger partial charge in [-0.1, -0.05) is 23.7 Å². The number of hydrogen-bond donors (Lipinski definition) is 1. The first-order valence-corrected chi connectivity index (χ1v) is 9.60. The molecule has 6 heteroatoms. The van der Waals surface area contributed by atoms with Crippen molar-refractivity contribution >= 4 is 34.7 Å². The number of nitrogens with one attached hydrogen (secondary N) is 1. The fraction of sp³-hybridized carbons (Fsp3) is 0.273. The highest BCUT2D eigenvalue weighted by atomic mass is 35.5. The smallest absolute Gasteiger partial charge is 0.278 e. The van der Waals surface area contributed by atoms with Crippen LogP contribution in [0.5, 0.6) is 5.75 Å². The van der Waals surface area contributed by atoms with Crippen molar-refractivity contribution in [2.24, 2.45) is 0 Å². The minimum atomic E-state index is -0.334. The monoisotopic (exact) mass is 398 g/mol. The van der Waals surface area contributed by atoms with Gasteiger partial charge in [0.1, 0.15) is 11.4 Å². The summed E-state index contributed by atoms with van der Waals surface area (Å²) >= 11 is 6.03. The predicted molar refractivity (Wildman–Crippen MR) is 111 cm³/mol. The first-order chi connectivity index (χ1) is 13.3. The van der Waals surface area contributed by atoms with Crippen LogP contribution in [0.25, 0.3) is 5.57 Å². The van der Waals surface area contributed by atoms with Gasteiger partial charge in [-0.15, -0.1) is 0 Å². The molecule has 1 heterocycles. The molecule has 5 nitrogen and oxygen atoms in total. The molecule has 0 unspecified atom stereocenters. The molecule has 2 aromatic carbocycles. The summed E-state index contributed by atoms with van der Waals surface area (Å²) in [6.07, 6.45) is 0.0560. The molecule has 1 N–H and O–H groups in total. The molecule has 3 rings (SSSR count). The molecule has 1 aliphatic rings. The van der Waals surface area contributed by atoms with Crippen LogP contribution in [0.4, 0.5) is 5.69 Å². The Hall–Kier alpha value is -2.79. The van der Waals surface area contributed by atoms with Crippen LogP contribution in [-0.2, 0) is 9.59 Å². The van der Waals surface area contributed by atoms with Crippen molar-refractivity contribution in [1.82, 2.24) is 4.90 Å². The second-order valence-corrected chi connectivity index (χ2v) is 7.32. The van der Waals surface area contributed by atoms with Gasteiger partial charge in [0.15, 0.2) is 0 Å². The Kier molecular flexibility index (Phi) is 5.75. The fourth-order valence-corrected chi connectivity index (χ4v) is 3.35. The molecule has 0 atom stereocenters. The van der Waals surface area contributed by atoms with Gasteiger partial charge in [0.2, 0.25) is 0 Å². The fourth-order valence-electron chi connectivity index (χ4n) is 3.12. The number of imide groups is 1. The lowest BCUT2D eigenvalue weighted by molar-refractivity contribution is -0.136. The Labute approximate surface area is 169 Å². The Morgan fingerprint density at radius 1 is 1.07 bits per heavy atom. The van der Waals surface area contributed by atoms with Crippen LogP contribution >= 0.6 is 11.6 Å². The quantitative estimate of drug-likeness (QED) is 0.719. The Morgan fingerprint density at radius 3 is 2.32 bits per heavy atom. The number of nitrogens with zero attached hydrogens (tertiary/aromatic N) is 1. The molecular weight excluding hydrogens is 376 g/mol. The number of anilines is 1. The number of ether oxygens (including phenoxy) is 1. The third kappa shape index (κ3) is 3.90. The van der Waals surface area contributed by atoms with Gasteiger partial charge in [-0.05, 0) is 69.2 Å². The molecule has 0 aliphatic carbocycles. The predicted octanol–water partition coefficient (Wildman–Crippen LogP) is 4.65. The molecule has 0 saturated heterocycles. The number of aryl methyl sites for hydroxylation is 1. The van der Waals surface area contributed by atoms with Crippen LogP contribution in [0.2, 0.25) is 5.02 Å². The van der Waals surface area contributed by atoms with Crippen molar-refractivity contribution in [2.75, 3.05) is 11.9 Å². The summed E-state index contributed by atoms with van der Waals surface area (Å²) in [5, 5.41) is 3.77. The molecule has 0 bridgehead atoms. The molecule has 0 fully saturated rings. The van der Waals surface area contributed by atoms with E-state index in [0.717, 1.165) is 11.3 Å². The van der Waals surface area contributed by atoms with Crippen molar-refractivity contribution < 1.29 is 14.3 Å². The summed E-state index contributed by atoms with van der Waals surface area (Å²) in [5.74, 6) is 0.0741. The van der Waals surface area contributed by atoms with Crippen molar-refractivity contribution in [3.8, 4) is 5.75 Å². The minimum absolute atomic E-state index is 0.0560. The SMILES string of the molecule is CCN1C(=O)C(Nc2ccc(Cl)cc2C)=C(c2ccc(OC(C)C)cc2)C1=O. The van der Waals surface area contributed by atoms with Crippen LogP contribution in [0.1, 0.15) is 31.9 Å². The van der Waals surface area contributed by atoms with E-state index in [1.165, 1.54) is 4.90 Å². The topological polar surface area (TPSA) is 58.6 Å². The minimum Gasteiger partial charge on any atom is -0.491 e. The van der Waals surface area contributed by atoms with Gasteiger partial charge in [0.05, 0.1) is 11.7 Å². The summed E-state index contributed by atoms with van der Waals surface area (Å²) in [6.45, 7) is 7.88. The Morgan fingerprint density at radius 2 is 1.75 bits per heavy atom. The van der Waals surface area contributed by atoms with Gasteiger partial charge < -0.3 is 10.1 Å². The molecule has 1 aliphatic heterocycles. The van der Waals surface area contributed by atoms with Crippen LogP contribution < -0.4 is 10.1 Å². The van der Waals surface area contributed by atoms with Crippen LogP contribution in [0.15, 0.2) is 48.2 Å². The molecule has 2 amide bonds. The average Bonchev–Trinajstić information content (AvgIpc) is 2.87. The zero-order valence-corrected chi connectivity index (χ0v) is 17.1. The maximum atomic E-state index is 12.9. The standard InChI is InChI=1S/C22H23ClN2O3/c1-5-25-21(26)19(15-6-9-17(10-7-15)28-13(2)3)20(22(25)27)24-18-11-8-16(23)12-14(18)4/h6-13,24H,5H2,1-4H3. The van der Waals surface area contributed by atoms with E-state index in [4.69, 9.17) is 16.3 Å². The van der Waals surface area contributed by atoms with Gasteiger partial charge >= 0.3 is 0 Å². The number of benzene rings is 2. The second kappa shape index (κ2) is 8.07. The summed E-state index contributed by atoms with van der Waals surface area (Å²) < 4.78 is 5.67. The number of carbonyl (C=O) groups is 2. The Balaban J connectivity index is 2.03. The van der Waals surface area contributed by atoms with Gasteiger partial charge in [-0.2, -0.15) is 0 Å². The molecule has 0 saturated carbocycles. The first-order valence-electron chi connectivity index (χ1n) is 9.22. The van der Waals surface area contributed by atoms with E-state index < -0.39 is 0 Å². The first kappa shape index (κ1) is 20.0. The zero-order valence-electron chi connectivity index (χ0n) is 16.4. The van der Waals surface area contributed by atoms with Crippen molar-refractivity contribution in [2.45, 2.75) is 33.8 Å². The normalized spacial score (nSPS) is 14.3. The molecule has 0 spiro atoms. The number of halogens is 1. The molecule has 0 aromatic heterocycles. The maximum absolute atomic E-state index is 12.9. The zero-order chi connectivity index (χ0) is 20.4. The molecular formula is C22H23ClN2O3. The van der Waals surface area contributed by atoms with E-state index in [9.17, 15) is 9.59 Å². The van der Waals surface area contributed by atoms with Crippen LogP contribution in [-0.4, -0.2) is 29.4 Å². The number of carbonyl (C=O) groups excluding carboxylic acids is 2. The largest absolute Gasteiger partial charge is 0.491 e. The highest BCUT2D eigenvalue weighted by Gasteiger charge is 2.38. The molecule has 0 radical (unpaired) electrons. The van der Waals surface area contributed by atoms with E-state index in [0.29, 0.717) is 28.5 Å². The summed E-state index contributed by atoms with van der Waals surface area (Å²) in [4.78, 5) is 27.0. The highest BCUT2D eigenvalue weighted by molar-refractivity contribution is 6.36. The van der Waals surface area contributed by atoms with E-state index >= 15 is 0 Å². The number of amides is 2. The molecule has 28 heavy (non-hydrogen) atoms. The summed E-state index contributed by atoms with van der Waals surface area (Å²) in [7, 11) is 0. The van der Waals surface area contributed by atoms with Crippen LogP contribution in [0, 0.1) is 6.92 Å². The number of rotatable bonds is 6. The van der Waals surface area contributed by atoms with Crippen molar-refractivity contribution in [3.05, 3.63) is 64.3 Å². The van der Waals surface area contributed by atoms with Gasteiger partial charge in [-0.25, -0.2) is 0 Å². The Bertz CT molecular complexity index is 949. The average molecular weight is 399 g/mol. The van der Waals surface area contributed by atoms with Gasteiger partial charge in [0, 0.05) is 17.3 Å².